The first kappa shape index (κ1) is 23.0. The smallest absolute Gasteiger partial charge is 0.0634 e. The van der Waals surface area contributed by atoms with Gasteiger partial charge in [0.15, 0.2) is 0 Å². The predicted molar refractivity (Wildman–Crippen MR) is 169 cm³/mol. The monoisotopic (exact) mass is 512 g/mol. The SMILES string of the molecule is CC1(C)c2ccccc2N(c2c3ccccc3c(-c3cccc4ccccc34)c3ccncc23)c2ccccc21. The normalized spacial score (nSPS) is 13.9. The molecule has 2 heterocycles. The fraction of sp³-hybridized carbons (Fsp3) is 0.0789. The van der Waals surface area contributed by atoms with Crippen LogP contribution in [0.15, 0.2) is 134 Å². The summed E-state index contributed by atoms with van der Waals surface area (Å²) < 4.78 is 0. The minimum Gasteiger partial charge on any atom is -0.309 e. The lowest BCUT2D eigenvalue weighted by Crippen LogP contribution is -2.30. The van der Waals surface area contributed by atoms with E-state index in [0.29, 0.717) is 0 Å². The highest BCUT2D eigenvalue weighted by Crippen LogP contribution is 2.55. The van der Waals surface area contributed by atoms with Crippen LogP contribution in [0.2, 0.25) is 0 Å². The number of para-hydroxylation sites is 2. The van der Waals surface area contributed by atoms with Crippen molar-refractivity contribution in [1.82, 2.24) is 4.98 Å². The molecule has 7 aromatic rings. The fourth-order valence-corrected chi connectivity index (χ4v) is 6.88. The van der Waals surface area contributed by atoms with E-state index in [2.05, 4.69) is 151 Å². The summed E-state index contributed by atoms with van der Waals surface area (Å²) in [5.41, 5.74) is 8.67. The van der Waals surface area contributed by atoms with Gasteiger partial charge in [-0.05, 0) is 62.0 Å². The number of benzene rings is 6. The van der Waals surface area contributed by atoms with Gasteiger partial charge >= 0.3 is 0 Å². The molecule has 2 heteroatoms. The van der Waals surface area contributed by atoms with Gasteiger partial charge in [-0.2, -0.15) is 0 Å². The molecule has 0 spiro atoms. The third kappa shape index (κ3) is 3.14. The van der Waals surface area contributed by atoms with Crippen molar-refractivity contribution in [2.45, 2.75) is 19.3 Å². The van der Waals surface area contributed by atoms with Gasteiger partial charge in [0.05, 0.1) is 17.1 Å². The first-order valence-corrected chi connectivity index (χ1v) is 13.9. The molecular weight excluding hydrogens is 484 g/mol. The molecule has 2 nitrogen and oxygen atoms in total. The van der Waals surface area contributed by atoms with Crippen molar-refractivity contribution in [3.05, 3.63) is 145 Å². The van der Waals surface area contributed by atoms with Crippen LogP contribution in [0.3, 0.4) is 0 Å². The average molecular weight is 513 g/mol. The van der Waals surface area contributed by atoms with Crippen LogP contribution in [0.25, 0.3) is 43.4 Å². The molecule has 1 aromatic heterocycles. The fourth-order valence-electron chi connectivity index (χ4n) is 6.88. The van der Waals surface area contributed by atoms with E-state index in [1.165, 1.54) is 66.2 Å². The Morgan fingerprint density at radius 2 is 1.10 bits per heavy atom. The molecule has 190 valence electrons. The van der Waals surface area contributed by atoms with Crippen LogP contribution < -0.4 is 4.90 Å². The molecule has 0 radical (unpaired) electrons. The second-order valence-electron chi connectivity index (χ2n) is 11.2. The van der Waals surface area contributed by atoms with Crippen LogP contribution in [0.1, 0.15) is 25.0 Å². The minimum atomic E-state index is -0.115. The highest BCUT2D eigenvalue weighted by atomic mass is 15.2. The topological polar surface area (TPSA) is 16.1 Å². The van der Waals surface area contributed by atoms with Gasteiger partial charge < -0.3 is 4.90 Å². The molecule has 0 unspecified atom stereocenters. The maximum Gasteiger partial charge on any atom is 0.0634 e. The number of anilines is 3. The zero-order valence-corrected chi connectivity index (χ0v) is 22.6. The van der Waals surface area contributed by atoms with E-state index in [4.69, 9.17) is 0 Å². The van der Waals surface area contributed by atoms with Gasteiger partial charge in [-0.3, -0.25) is 4.98 Å². The van der Waals surface area contributed by atoms with Gasteiger partial charge in [-0.25, -0.2) is 0 Å². The number of pyridine rings is 1. The van der Waals surface area contributed by atoms with Gasteiger partial charge in [0, 0.05) is 28.6 Å². The maximum absolute atomic E-state index is 4.69. The highest BCUT2D eigenvalue weighted by molar-refractivity contribution is 6.24. The van der Waals surface area contributed by atoms with Gasteiger partial charge in [0.2, 0.25) is 0 Å². The van der Waals surface area contributed by atoms with Crippen LogP contribution >= 0.6 is 0 Å². The summed E-state index contributed by atoms with van der Waals surface area (Å²) >= 11 is 0. The van der Waals surface area contributed by atoms with Crippen LogP contribution in [-0.4, -0.2) is 4.98 Å². The van der Waals surface area contributed by atoms with Crippen LogP contribution in [0.4, 0.5) is 17.1 Å². The third-order valence-electron chi connectivity index (χ3n) is 8.72. The molecule has 40 heavy (non-hydrogen) atoms. The Balaban J connectivity index is 1.55. The number of aromatic nitrogens is 1. The van der Waals surface area contributed by atoms with Crippen molar-refractivity contribution in [3.8, 4) is 11.1 Å². The molecule has 0 aliphatic carbocycles. The van der Waals surface area contributed by atoms with E-state index in [-0.39, 0.29) is 5.41 Å². The molecule has 0 bridgehead atoms. The molecular formula is C38H28N2. The van der Waals surface area contributed by atoms with Crippen molar-refractivity contribution >= 4 is 49.4 Å². The summed E-state index contributed by atoms with van der Waals surface area (Å²) in [5, 5.41) is 7.32. The van der Waals surface area contributed by atoms with Crippen LogP contribution in [0, 0.1) is 0 Å². The third-order valence-corrected chi connectivity index (χ3v) is 8.72. The molecule has 6 aromatic carbocycles. The van der Waals surface area contributed by atoms with Gasteiger partial charge in [-0.15, -0.1) is 0 Å². The summed E-state index contributed by atoms with van der Waals surface area (Å²) in [5.74, 6) is 0. The molecule has 1 aliphatic heterocycles. The van der Waals surface area contributed by atoms with E-state index in [1.54, 1.807) is 0 Å². The lowest BCUT2D eigenvalue weighted by atomic mass is 9.73. The average Bonchev–Trinajstić information content (AvgIpc) is 3.01. The van der Waals surface area contributed by atoms with Crippen LogP contribution in [-0.2, 0) is 5.41 Å². The Morgan fingerprint density at radius 1 is 0.525 bits per heavy atom. The van der Waals surface area contributed by atoms with Crippen molar-refractivity contribution in [2.75, 3.05) is 4.90 Å². The Hall–Kier alpha value is -4.95. The summed E-state index contributed by atoms with van der Waals surface area (Å²) in [7, 11) is 0. The minimum absolute atomic E-state index is 0.115. The summed E-state index contributed by atoms with van der Waals surface area (Å²) in [4.78, 5) is 7.17. The van der Waals surface area contributed by atoms with Gasteiger partial charge in [0.25, 0.3) is 0 Å². The molecule has 0 atom stereocenters. The van der Waals surface area contributed by atoms with Gasteiger partial charge in [0.1, 0.15) is 0 Å². The Labute approximate surface area is 234 Å². The first-order valence-electron chi connectivity index (χ1n) is 13.9. The number of fused-ring (bicyclic) bond motifs is 5. The number of hydrogen-bond donors (Lipinski definition) is 0. The Kier molecular flexibility index (Phi) is 4.90. The van der Waals surface area contributed by atoms with E-state index in [9.17, 15) is 0 Å². The standard InChI is InChI=1S/C38H28N2/c1-38(2)32-18-7-9-20-34(32)40(35-21-10-8-19-33(35)38)37-30-16-6-5-15-28(30)36(29-22-23-39-24-31(29)37)27-17-11-13-25-12-3-4-14-26(25)27/h3-24H,1-2H3. The maximum atomic E-state index is 4.69. The summed E-state index contributed by atoms with van der Waals surface area (Å²) in [6, 6.07) is 44.1. The molecule has 0 N–H and O–H groups in total. The molecule has 8 rings (SSSR count). The summed E-state index contributed by atoms with van der Waals surface area (Å²) in [6.45, 7) is 4.67. The molecule has 0 saturated heterocycles. The molecule has 0 amide bonds. The largest absolute Gasteiger partial charge is 0.309 e. The van der Waals surface area contributed by atoms with Crippen molar-refractivity contribution in [2.24, 2.45) is 0 Å². The lowest BCUT2D eigenvalue weighted by molar-refractivity contribution is 0.632. The zero-order valence-electron chi connectivity index (χ0n) is 22.6. The highest BCUT2D eigenvalue weighted by Gasteiger charge is 2.37. The van der Waals surface area contributed by atoms with Crippen molar-refractivity contribution in [1.29, 1.82) is 0 Å². The van der Waals surface area contributed by atoms with E-state index in [0.717, 1.165) is 5.39 Å². The second kappa shape index (κ2) is 8.53. The van der Waals surface area contributed by atoms with Crippen molar-refractivity contribution in [3.63, 3.8) is 0 Å². The number of rotatable bonds is 2. The molecule has 0 saturated carbocycles. The number of nitrogens with zero attached hydrogens (tertiary/aromatic N) is 2. The zero-order chi connectivity index (χ0) is 26.8. The first-order chi connectivity index (χ1) is 19.6. The van der Waals surface area contributed by atoms with E-state index in [1.807, 2.05) is 6.20 Å². The lowest BCUT2D eigenvalue weighted by Gasteiger charge is -2.42. The Morgan fingerprint density at radius 3 is 1.85 bits per heavy atom. The quantitative estimate of drug-likeness (QED) is 0.214. The summed E-state index contributed by atoms with van der Waals surface area (Å²) in [6.07, 6.45) is 3.98. The van der Waals surface area contributed by atoms with E-state index < -0.39 is 0 Å². The van der Waals surface area contributed by atoms with Gasteiger partial charge in [-0.1, -0.05) is 117 Å². The second-order valence-corrected chi connectivity index (χ2v) is 11.2. The molecule has 0 fully saturated rings. The van der Waals surface area contributed by atoms with Crippen molar-refractivity contribution < 1.29 is 0 Å². The van der Waals surface area contributed by atoms with E-state index >= 15 is 0 Å². The Bertz CT molecular complexity index is 1990. The van der Waals surface area contributed by atoms with Crippen LogP contribution in [0.5, 0.6) is 0 Å². The number of hydrogen-bond acceptors (Lipinski definition) is 2. The molecule has 1 aliphatic rings. The predicted octanol–water partition coefficient (Wildman–Crippen LogP) is 10.3.